The molecule has 0 spiro atoms. The summed E-state index contributed by atoms with van der Waals surface area (Å²) in [4.78, 5) is 0. The SMILES string of the molecule is COc1ccc(-c2cccc3ccsc23)c(CN)c1. The van der Waals surface area contributed by atoms with Crippen molar-refractivity contribution in [1.29, 1.82) is 0 Å². The predicted molar refractivity (Wildman–Crippen MR) is 81.7 cm³/mol. The van der Waals surface area contributed by atoms with E-state index in [0.717, 1.165) is 11.3 Å². The molecular weight excluding hydrogens is 254 g/mol. The van der Waals surface area contributed by atoms with Gasteiger partial charge in [-0.25, -0.2) is 0 Å². The van der Waals surface area contributed by atoms with E-state index in [2.05, 4.69) is 35.7 Å². The van der Waals surface area contributed by atoms with Crippen LogP contribution in [0.3, 0.4) is 0 Å². The molecule has 0 aliphatic carbocycles. The third-order valence-corrected chi connectivity index (χ3v) is 4.26. The summed E-state index contributed by atoms with van der Waals surface area (Å²) in [5, 5.41) is 3.40. The minimum atomic E-state index is 0.508. The number of thiophene rings is 1. The summed E-state index contributed by atoms with van der Waals surface area (Å²) in [6.45, 7) is 0.508. The normalized spacial score (nSPS) is 10.8. The first-order valence-electron chi connectivity index (χ1n) is 6.17. The van der Waals surface area contributed by atoms with Crippen LogP contribution in [0.1, 0.15) is 5.56 Å². The highest BCUT2D eigenvalue weighted by molar-refractivity contribution is 7.17. The van der Waals surface area contributed by atoms with E-state index in [-0.39, 0.29) is 0 Å². The van der Waals surface area contributed by atoms with Gasteiger partial charge in [-0.2, -0.15) is 0 Å². The molecule has 2 N–H and O–H groups in total. The van der Waals surface area contributed by atoms with Gasteiger partial charge in [0.25, 0.3) is 0 Å². The number of rotatable bonds is 3. The van der Waals surface area contributed by atoms with Crippen molar-refractivity contribution in [3.63, 3.8) is 0 Å². The van der Waals surface area contributed by atoms with Gasteiger partial charge in [-0.15, -0.1) is 11.3 Å². The van der Waals surface area contributed by atoms with Crippen LogP contribution in [0.15, 0.2) is 47.8 Å². The van der Waals surface area contributed by atoms with E-state index in [1.54, 1.807) is 18.4 Å². The van der Waals surface area contributed by atoms with E-state index < -0.39 is 0 Å². The van der Waals surface area contributed by atoms with E-state index in [1.165, 1.54) is 21.2 Å². The van der Waals surface area contributed by atoms with Gasteiger partial charge in [0, 0.05) is 11.2 Å². The highest BCUT2D eigenvalue weighted by Gasteiger charge is 2.09. The summed E-state index contributed by atoms with van der Waals surface area (Å²) in [6.07, 6.45) is 0. The third kappa shape index (κ3) is 2.11. The van der Waals surface area contributed by atoms with E-state index >= 15 is 0 Å². The van der Waals surface area contributed by atoms with Gasteiger partial charge in [-0.1, -0.05) is 24.3 Å². The van der Waals surface area contributed by atoms with Crippen LogP contribution in [0.4, 0.5) is 0 Å². The Bertz CT molecular complexity index is 718. The van der Waals surface area contributed by atoms with Crippen molar-refractivity contribution in [2.24, 2.45) is 5.73 Å². The number of hydrogen-bond donors (Lipinski definition) is 1. The zero-order valence-corrected chi connectivity index (χ0v) is 11.5. The van der Waals surface area contributed by atoms with Crippen molar-refractivity contribution >= 4 is 21.4 Å². The molecule has 0 bridgehead atoms. The molecular formula is C16H15NOS. The van der Waals surface area contributed by atoms with Gasteiger partial charge >= 0.3 is 0 Å². The van der Waals surface area contributed by atoms with Crippen molar-refractivity contribution in [1.82, 2.24) is 0 Å². The van der Waals surface area contributed by atoms with Crippen LogP contribution in [-0.2, 0) is 6.54 Å². The zero-order valence-electron chi connectivity index (χ0n) is 10.7. The Balaban J connectivity index is 2.23. The minimum absolute atomic E-state index is 0.508. The topological polar surface area (TPSA) is 35.2 Å². The van der Waals surface area contributed by atoms with Crippen molar-refractivity contribution in [3.05, 3.63) is 53.4 Å². The van der Waals surface area contributed by atoms with Crippen LogP contribution in [0.2, 0.25) is 0 Å². The molecule has 3 aromatic rings. The van der Waals surface area contributed by atoms with Crippen LogP contribution in [0.25, 0.3) is 21.2 Å². The molecule has 19 heavy (non-hydrogen) atoms. The molecule has 0 aliphatic rings. The Kier molecular flexibility index (Phi) is 3.23. The van der Waals surface area contributed by atoms with E-state index in [9.17, 15) is 0 Å². The molecule has 0 saturated heterocycles. The van der Waals surface area contributed by atoms with Crippen molar-refractivity contribution in [2.45, 2.75) is 6.54 Å². The molecule has 0 saturated carbocycles. The molecule has 0 atom stereocenters. The van der Waals surface area contributed by atoms with Crippen molar-refractivity contribution in [3.8, 4) is 16.9 Å². The maximum atomic E-state index is 5.88. The fourth-order valence-electron chi connectivity index (χ4n) is 2.33. The van der Waals surface area contributed by atoms with Crippen LogP contribution in [-0.4, -0.2) is 7.11 Å². The lowest BCUT2D eigenvalue weighted by atomic mass is 9.98. The summed E-state index contributed by atoms with van der Waals surface area (Å²) in [5.74, 6) is 0.850. The van der Waals surface area contributed by atoms with Crippen molar-refractivity contribution < 1.29 is 4.74 Å². The van der Waals surface area contributed by atoms with Gasteiger partial charge in [-0.3, -0.25) is 0 Å². The largest absolute Gasteiger partial charge is 0.497 e. The van der Waals surface area contributed by atoms with Crippen LogP contribution < -0.4 is 10.5 Å². The van der Waals surface area contributed by atoms with Gasteiger partial charge in [0.05, 0.1) is 7.11 Å². The number of ether oxygens (including phenoxy) is 1. The van der Waals surface area contributed by atoms with Crippen LogP contribution in [0, 0.1) is 0 Å². The monoisotopic (exact) mass is 269 g/mol. The molecule has 1 heterocycles. The van der Waals surface area contributed by atoms with E-state index in [1.807, 2.05) is 12.1 Å². The lowest BCUT2D eigenvalue weighted by Crippen LogP contribution is -1.99. The van der Waals surface area contributed by atoms with Gasteiger partial charge in [0.1, 0.15) is 5.75 Å². The first-order chi connectivity index (χ1) is 9.33. The second-order valence-electron chi connectivity index (χ2n) is 4.37. The minimum Gasteiger partial charge on any atom is -0.497 e. The van der Waals surface area contributed by atoms with Crippen molar-refractivity contribution in [2.75, 3.05) is 7.11 Å². The first kappa shape index (κ1) is 12.2. The molecule has 0 fully saturated rings. The summed E-state index contributed by atoms with van der Waals surface area (Å²) in [5.41, 5.74) is 9.43. The summed E-state index contributed by atoms with van der Waals surface area (Å²) in [6, 6.07) is 14.6. The molecule has 1 aromatic heterocycles. The smallest absolute Gasteiger partial charge is 0.119 e. The second-order valence-corrected chi connectivity index (χ2v) is 5.29. The lowest BCUT2D eigenvalue weighted by Gasteiger charge is -2.11. The standard InChI is InChI=1S/C16H15NOS/c1-18-13-5-6-14(12(9-13)10-17)15-4-2-3-11-7-8-19-16(11)15/h2-9H,10,17H2,1H3. The lowest BCUT2D eigenvalue weighted by molar-refractivity contribution is 0.414. The highest BCUT2D eigenvalue weighted by Crippen LogP contribution is 2.35. The fraction of sp³-hybridized carbons (Fsp3) is 0.125. The highest BCUT2D eigenvalue weighted by atomic mass is 32.1. The Hall–Kier alpha value is -1.84. The molecule has 0 amide bonds. The molecule has 96 valence electrons. The quantitative estimate of drug-likeness (QED) is 0.779. The van der Waals surface area contributed by atoms with Gasteiger partial charge < -0.3 is 10.5 Å². The molecule has 3 rings (SSSR count). The Morgan fingerprint density at radius 2 is 2.00 bits per heavy atom. The third-order valence-electron chi connectivity index (χ3n) is 3.30. The van der Waals surface area contributed by atoms with Gasteiger partial charge in [-0.05, 0) is 45.7 Å². The summed E-state index contributed by atoms with van der Waals surface area (Å²) < 4.78 is 6.57. The van der Waals surface area contributed by atoms with E-state index in [4.69, 9.17) is 10.5 Å². The maximum absolute atomic E-state index is 5.88. The molecule has 0 radical (unpaired) electrons. The molecule has 3 heteroatoms. The number of methoxy groups -OCH3 is 1. The molecule has 0 unspecified atom stereocenters. The number of nitrogens with two attached hydrogens (primary N) is 1. The summed E-state index contributed by atoms with van der Waals surface area (Å²) >= 11 is 1.77. The van der Waals surface area contributed by atoms with E-state index in [0.29, 0.717) is 6.54 Å². The molecule has 2 nitrogen and oxygen atoms in total. The zero-order chi connectivity index (χ0) is 13.2. The fourth-order valence-corrected chi connectivity index (χ4v) is 3.26. The summed E-state index contributed by atoms with van der Waals surface area (Å²) in [7, 11) is 1.68. The Morgan fingerprint density at radius 1 is 1.11 bits per heavy atom. The second kappa shape index (κ2) is 5.03. The van der Waals surface area contributed by atoms with Gasteiger partial charge in [0.15, 0.2) is 0 Å². The number of hydrogen-bond acceptors (Lipinski definition) is 3. The Labute approximate surface area is 116 Å². The molecule has 0 aliphatic heterocycles. The number of benzene rings is 2. The van der Waals surface area contributed by atoms with Crippen LogP contribution in [0.5, 0.6) is 5.75 Å². The predicted octanol–water partition coefficient (Wildman–Crippen LogP) is 4.04. The van der Waals surface area contributed by atoms with Gasteiger partial charge in [0.2, 0.25) is 0 Å². The maximum Gasteiger partial charge on any atom is 0.119 e. The average molecular weight is 269 g/mol. The van der Waals surface area contributed by atoms with Crippen LogP contribution >= 0.6 is 11.3 Å². The molecule has 2 aromatic carbocycles. The number of fused-ring (bicyclic) bond motifs is 1. The Morgan fingerprint density at radius 3 is 2.79 bits per heavy atom. The average Bonchev–Trinajstić information content (AvgIpc) is 2.95. The first-order valence-corrected chi connectivity index (χ1v) is 7.05.